The number of hydrogen-bond donors (Lipinski definition) is 0. The molecule has 49 heavy (non-hydrogen) atoms. The van der Waals surface area contributed by atoms with Crippen LogP contribution in [0, 0.1) is 0 Å². The molecule has 0 radical (unpaired) electrons. The molecule has 0 saturated carbocycles. The zero-order valence-corrected chi connectivity index (χ0v) is 25.8. The first-order valence-corrected chi connectivity index (χ1v) is 14.8. The third kappa shape index (κ3) is 14.4. The van der Waals surface area contributed by atoms with E-state index in [1.165, 1.54) is 25.7 Å². The van der Waals surface area contributed by atoms with Gasteiger partial charge in [-0.2, -0.15) is 43.9 Å². The lowest BCUT2D eigenvalue weighted by Gasteiger charge is -2.33. The minimum absolute atomic E-state index is 0.0256. The molecule has 1 heterocycles. The van der Waals surface area contributed by atoms with Crippen molar-refractivity contribution in [2.75, 3.05) is 19.8 Å². The normalized spacial score (nSPS) is 13.6. The van der Waals surface area contributed by atoms with Crippen LogP contribution >= 0.6 is 0 Å². The molecule has 0 amide bonds. The zero-order valence-electron chi connectivity index (χ0n) is 25.8. The Hall–Kier alpha value is -2.97. The Bertz CT molecular complexity index is 1250. The van der Waals surface area contributed by atoms with Gasteiger partial charge in [-0.15, -0.1) is 13.2 Å². The smallest absolute Gasteiger partial charge is 0.494 e. The van der Waals surface area contributed by atoms with E-state index in [1.807, 2.05) is 0 Å². The van der Waals surface area contributed by atoms with E-state index in [4.69, 9.17) is 4.74 Å². The van der Waals surface area contributed by atoms with E-state index in [0.717, 1.165) is 24.8 Å². The van der Waals surface area contributed by atoms with Crippen molar-refractivity contribution in [2.45, 2.75) is 102 Å². The summed E-state index contributed by atoms with van der Waals surface area (Å²) in [6.45, 7) is -0.551. The molecule has 20 heteroatoms. The molecule has 0 N–H and O–H groups in total. The van der Waals surface area contributed by atoms with Crippen molar-refractivity contribution in [1.82, 2.24) is 9.97 Å². The highest BCUT2D eigenvalue weighted by Gasteiger charge is 2.74. The molecule has 7 nitrogen and oxygen atoms in total. The number of nitrogens with zero attached hydrogens (tertiary/aromatic N) is 2. The molecule has 0 fully saturated rings. The maximum Gasteiger partial charge on any atom is 0.527 e. The zero-order chi connectivity index (χ0) is 37.0. The van der Waals surface area contributed by atoms with Crippen LogP contribution in [-0.2, 0) is 25.4 Å². The lowest BCUT2D eigenvalue weighted by atomic mass is 10.1. The molecule has 280 valence electrons. The van der Waals surface area contributed by atoms with Gasteiger partial charge in [-0.3, -0.25) is 0 Å². The van der Waals surface area contributed by atoms with Gasteiger partial charge in [0, 0.05) is 24.6 Å². The van der Waals surface area contributed by atoms with Crippen molar-refractivity contribution in [3.8, 4) is 17.1 Å². The van der Waals surface area contributed by atoms with Crippen LogP contribution < -0.4 is 4.74 Å². The molecule has 1 aromatic carbocycles. The molecule has 0 atom stereocenters. The molecule has 0 aliphatic rings. The van der Waals surface area contributed by atoms with Gasteiger partial charge in [0.2, 0.25) is 0 Å². The number of rotatable bonds is 23. The van der Waals surface area contributed by atoms with E-state index in [-0.39, 0.29) is 19.4 Å². The fourth-order valence-electron chi connectivity index (χ4n) is 3.89. The van der Waals surface area contributed by atoms with Crippen LogP contribution in [0.1, 0.15) is 63.9 Å². The Morgan fingerprint density at radius 2 is 1.08 bits per heavy atom. The molecular formula is C29H33F13N2O5. The number of aromatic nitrogens is 2. The first kappa shape index (κ1) is 42.2. The minimum atomic E-state index is -7.10. The van der Waals surface area contributed by atoms with Crippen LogP contribution in [0.5, 0.6) is 5.75 Å². The van der Waals surface area contributed by atoms with E-state index >= 15 is 0 Å². The number of unbranched alkanes of at least 4 members (excludes halogenated alkanes) is 6. The van der Waals surface area contributed by atoms with Crippen molar-refractivity contribution in [1.29, 1.82) is 0 Å². The minimum Gasteiger partial charge on any atom is -0.494 e. The molecule has 0 aliphatic heterocycles. The van der Waals surface area contributed by atoms with Crippen LogP contribution in [0.3, 0.4) is 0 Å². The largest absolute Gasteiger partial charge is 0.527 e. The Morgan fingerprint density at radius 3 is 1.65 bits per heavy atom. The van der Waals surface area contributed by atoms with E-state index in [2.05, 4.69) is 26.4 Å². The molecule has 0 unspecified atom stereocenters. The molecule has 2 rings (SSSR count). The van der Waals surface area contributed by atoms with E-state index in [0.29, 0.717) is 17.1 Å². The predicted molar refractivity (Wildman–Crippen MR) is 144 cm³/mol. The van der Waals surface area contributed by atoms with Gasteiger partial charge in [0.25, 0.3) is 0 Å². The van der Waals surface area contributed by atoms with Crippen LogP contribution in [0.25, 0.3) is 11.4 Å². The maximum absolute atomic E-state index is 13.6. The average molecular weight is 737 g/mol. The van der Waals surface area contributed by atoms with E-state index < -0.39 is 50.1 Å². The summed E-state index contributed by atoms with van der Waals surface area (Å²) in [5.74, 6) is 0.920. The van der Waals surface area contributed by atoms with Crippen molar-refractivity contribution in [3.05, 3.63) is 42.2 Å². The highest BCUT2D eigenvalue weighted by Crippen LogP contribution is 2.48. The van der Waals surface area contributed by atoms with E-state index in [1.54, 1.807) is 46.1 Å². The van der Waals surface area contributed by atoms with Crippen LogP contribution in [-0.4, -0.2) is 66.7 Å². The van der Waals surface area contributed by atoms with Gasteiger partial charge in [0.05, 0.1) is 6.61 Å². The highest BCUT2D eigenvalue weighted by atomic mass is 19.4. The maximum atomic E-state index is 13.6. The standard InChI is InChI=1S/C29H33F13N2O5/c1-2-3-4-5-6-7-10-20-17-43-23(44-18-20)21-11-13-22(14-12-21)46-16-9-8-15-45-19-24(30,31)47-25(32,33)26(34,35)48-27(36,37)28(38,39)49-29(40,41)42/h11-14,17-18H,2-10,15-16,19H2,1H3. The van der Waals surface area contributed by atoms with Crippen LogP contribution in [0.4, 0.5) is 57.1 Å². The van der Waals surface area contributed by atoms with Crippen LogP contribution in [0.15, 0.2) is 36.7 Å². The lowest BCUT2D eigenvalue weighted by molar-refractivity contribution is -0.564. The lowest BCUT2D eigenvalue weighted by Crippen LogP contribution is -2.57. The van der Waals surface area contributed by atoms with Crippen molar-refractivity contribution in [2.24, 2.45) is 0 Å². The van der Waals surface area contributed by atoms with Gasteiger partial charge < -0.3 is 9.47 Å². The number of aryl methyl sites for hydroxylation is 1. The fraction of sp³-hybridized carbons (Fsp3) is 0.655. The summed E-state index contributed by atoms with van der Waals surface area (Å²) >= 11 is 0. The number of hydrogen-bond acceptors (Lipinski definition) is 7. The van der Waals surface area contributed by atoms with Gasteiger partial charge in [-0.25, -0.2) is 24.2 Å². The van der Waals surface area contributed by atoms with Gasteiger partial charge in [0.15, 0.2) is 5.82 Å². The summed E-state index contributed by atoms with van der Waals surface area (Å²) in [6, 6.07) is 6.65. The number of benzene rings is 1. The molecular weight excluding hydrogens is 703 g/mol. The summed E-state index contributed by atoms with van der Waals surface area (Å²) in [5, 5.41) is 0. The first-order chi connectivity index (χ1) is 22.6. The first-order valence-electron chi connectivity index (χ1n) is 14.8. The summed E-state index contributed by atoms with van der Waals surface area (Å²) in [4.78, 5) is 8.77. The Balaban J connectivity index is 1.72. The van der Waals surface area contributed by atoms with Crippen molar-refractivity contribution >= 4 is 0 Å². The summed E-state index contributed by atoms with van der Waals surface area (Å²) in [7, 11) is 0. The van der Waals surface area contributed by atoms with Gasteiger partial charge >= 0.3 is 36.9 Å². The second-order valence-electron chi connectivity index (χ2n) is 10.5. The fourth-order valence-corrected chi connectivity index (χ4v) is 3.89. The molecule has 2 aromatic rings. The summed E-state index contributed by atoms with van der Waals surface area (Å²) < 4.78 is 184. The van der Waals surface area contributed by atoms with Crippen molar-refractivity contribution in [3.63, 3.8) is 0 Å². The molecule has 0 bridgehead atoms. The number of alkyl halides is 13. The second-order valence-corrected chi connectivity index (χ2v) is 10.5. The average Bonchev–Trinajstić information content (AvgIpc) is 2.96. The topological polar surface area (TPSA) is 71.9 Å². The third-order valence-corrected chi connectivity index (χ3v) is 6.31. The van der Waals surface area contributed by atoms with Gasteiger partial charge in [-0.1, -0.05) is 39.0 Å². The van der Waals surface area contributed by atoms with Gasteiger partial charge in [0.1, 0.15) is 12.4 Å². The molecule has 0 spiro atoms. The molecule has 0 aliphatic carbocycles. The van der Waals surface area contributed by atoms with Gasteiger partial charge in [-0.05, 0) is 55.5 Å². The Kier molecular flexibility index (Phi) is 15.3. The molecule has 0 saturated heterocycles. The molecule has 1 aromatic heterocycles. The highest BCUT2D eigenvalue weighted by molar-refractivity contribution is 5.55. The van der Waals surface area contributed by atoms with Crippen molar-refractivity contribution < 1.29 is 80.8 Å². The Morgan fingerprint density at radius 1 is 0.571 bits per heavy atom. The summed E-state index contributed by atoms with van der Waals surface area (Å²) in [5.41, 5.74) is 1.75. The summed E-state index contributed by atoms with van der Waals surface area (Å²) in [6.07, 6.45) is -28.2. The quantitative estimate of drug-likeness (QED) is 0.0831. The monoisotopic (exact) mass is 736 g/mol. The predicted octanol–water partition coefficient (Wildman–Crippen LogP) is 9.76. The second kappa shape index (κ2) is 17.8. The van der Waals surface area contributed by atoms with E-state index in [9.17, 15) is 57.1 Å². The van der Waals surface area contributed by atoms with Crippen LogP contribution in [0.2, 0.25) is 0 Å². The Labute approximate surface area is 272 Å². The number of ether oxygens (including phenoxy) is 5. The number of halogens is 13. The SMILES string of the molecule is CCCCCCCCc1cnc(-c2ccc(OCCCCOCC(F)(F)OC(F)(F)C(F)(F)OC(F)(F)C(F)(F)OC(F)(F)F)cc2)nc1. The third-order valence-electron chi connectivity index (χ3n) is 6.31.